The first-order valence-electron chi connectivity index (χ1n) is 9.95. The molecule has 0 aliphatic carbocycles. The van der Waals surface area contributed by atoms with E-state index in [0.29, 0.717) is 11.8 Å². The van der Waals surface area contributed by atoms with Crippen molar-refractivity contribution in [3.05, 3.63) is 65.7 Å². The van der Waals surface area contributed by atoms with Gasteiger partial charge in [0.1, 0.15) is 5.75 Å². The summed E-state index contributed by atoms with van der Waals surface area (Å²) < 4.78 is 5.27. The highest BCUT2D eigenvalue weighted by Crippen LogP contribution is 2.31. The van der Waals surface area contributed by atoms with E-state index in [2.05, 4.69) is 29.2 Å². The fourth-order valence-electron chi connectivity index (χ4n) is 4.46. The van der Waals surface area contributed by atoms with Crippen molar-refractivity contribution < 1.29 is 9.53 Å². The molecule has 2 fully saturated rings. The van der Waals surface area contributed by atoms with Crippen LogP contribution < -0.4 is 4.74 Å². The first-order chi connectivity index (χ1) is 13.2. The van der Waals surface area contributed by atoms with Crippen LogP contribution in [0.15, 0.2) is 54.6 Å². The predicted octanol–water partition coefficient (Wildman–Crippen LogP) is 3.68. The smallest absolute Gasteiger partial charge is 0.240 e. The van der Waals surface area contributed by atoms with Crippen LogP contribution in [0.5, 0.6) is 5.75 Å². The molecule has 0 bridgehead atoms. The molecule has 2 aliphatic heterocycles. The highest BCUT2D eigenvalue weighted by atomic mass is 16.5. The van der Waals surface area contributed by atoms with Crippen molar-refractivity contribution in [3.8, 4) is 5.75 Å². The lowest BCUT2D eigenvalue weighted by Crippen LogP contribution is -2.46. The van der Waals surface area contributed by atoms with E-state index in [4.69, 9.17) is 4.74 Å². The Morgan fingerprint density at radius 3 is 2.52 bits per heavy atom. The fourth-order valence-corrected chi connectivity index (χ4v) is 4.46. The summed E-state index contributed by atoms with van der Waals surface area (Å²) in [6.45, 7) is 3.60. The summed E-state index contributed by atoms with van der Waals surface area (Å²) in [7, 11) is 1.70. The summed E-state index contributed by atoms with van der Waals surface area (Å²) >= 11 is 0. The Labute approximate surface area is 161 Å². The van der Waals surface area contributed by atoms with Crippen molar-refractivity contribution in [3.63, 3.8) is 0 Å². The summed E-state index contributed by atoms with van der Waals surface area (Å²) in [5.74, 6) is 1.70. The lowest BCUT2D eigenvalue weighted by atomic mass is 9.89. The Bertz CT molecular complexity index is 760. The molecule has 2 aliphatic rings. The van der Waals surface area contributed by atoms with E-state index in [0.717, 1.165) is 44.8 Å². The zero-order valence-corrected chi connectivity index (χ0v) is 16.0. The largest absolute Gasteiger partial charge is 0.497 e. The van der Waals surface area contributed by atoms with Crippen LogP contribution in [0.4, 0.5) is 0 Å². The number of hydrogen-bond donors (Lipinski definition) is 0. The van der Waals surface area contributed by atoms with Crippen LogP contribution in [-0.4, -0.2) is 48.5 Å². The first kappa shape index (κ1) is 18.1. The van der Waals surface area contributed by atoms with E-state index in [1.54, 1.807) is 7.11 Å². The maximum Gasteiger partial charge on any atom is 0.240 e. The van der Waals surface area contributed by atoms with Gasteiger partial charge in [-0.2, -0.15) is 0 Å². The van der Waals surface area contributed by atoms with Crippen molar-refractivity contribution in [2.75, 3.05) is 26.7 Å². The molecule has 2 heterocycles. The molecule has 4 rings (SSSR count). The second kappa shape index (κ2) is 8.13. The van der Waals surface area contributed by atoms with Gasteiger partial charge < -0.3 is 9.64 Å². The Morgan fingerprint density at radius 1 is 1.00 bits per heavy atom. The van der Waals surface area contributed by atoms with Crippen LogP contribution in [0.1, 0.15) is 36.3 Å². The number of benzene rings is 2. The molecule has 142 valence electrons. The van der Waals surface area contributed by atoms with Crippen molar-refractivity contribution in [2.45, 2.75) is 37.8 Å². The van der Waals surface area contributed by atoms with E-state index in [1.165, 1.54) is 17.5 Å². The minimum atomic E-state index is 0.0507. The highest BCUT2D eigenvalue weighted by Gasteiger charge is 2.37. The zero-order valence-electron chi connectivity index (χ0n) is 16.0. The second-order valence-corrected chi connectivity index (χ2v) is 7.66. The van der Waals surface area contributed by atoms with Crippen LogP contribution in [-0.2, 0) is 11.3 Å². The van der Waals surface area contributed by atoms with Crippen molar-refractivity contribution in [2.24, 2.45) is 0 Å². The topological polar surface area (TPSA) is 32.8 Å². The maximum absolute atomic E-state index is 13.0. The lowest BCUT2D eigenvalue weighted by Gasteiger charge is -2.36. The van der Waals surface area contributed by atoms with Gasteiger partial charge in [-0.1, -0.05) is 42.5 Å². The van der Waals surface area contributed by atoms with Crippen LogP contribution in [0.25, 0.3) is 0 Å². The number of hydrogen-bond acceptors (Lipinski definition) is 3. The summed E-state index contributed by atoms with van der Waals surface area (Å²) in [6.07, 6.45) is 3.29. The molecule has 4 heteroatoms. The highest BCUT2D eigenvalue weighted by molar-refractivity contribution is 5.84. The van der Waals surface area contributed by atoms with Gasteiger partial charge in [0.05, 0.1) is 13.2 Å². The number of nitrogens with zero attached hydrogens (tertiary/aromatic N) is 2. The maximum atomic E-state index is 13.0. The molecule has 0 N–H and O–H groups in total. The summed E-state index contributed by atoms with van der Waals surface area (Å²) in [6, 6.07) is 18.8. The molecule has 27 heavy (non-hydrogen) atoms. The minimum Gasteiger partial charge on any atom is -0.497 e. The predicted molar refractivity (Wildman–Crippen MR) is 107 cm³/mol. The monoisotopic (exact) mass is 364 g/mol. The molecule has 2 saturated heterocycles. The third-order valence-electron chi connectivity index (χ3n) is 5.97. The Hall–Kier alpha value is -2.33. The number of methoxy groups -OCH3 is 1. The van der Waals surface area contributed by atoms with E-state index < -0.39 is 0 Å². The van der Waals surface area contributed by atoms with Crippen molar-refractivity contribution >= 4 is 5.91 Å². The van der Waals surface area contributed by atoms with Crippen LogP contribution in [0, 0.1) is 0 Å². The van der Waals surface area contributed by atoms with E-state index in [9.17, 15) is 4.79 Å². The van der Waals surface area contributed by atoms with Crippen LogP contribution in [0.2, 0.25) is 0 Å². The lowest BCUT2D eigenvalue weighted by molar-refractivity contribution is -0.133. The third kappa shape index (κ3) is 4.01. The standard InChI is InChI=1S/C23H28N2O2/c1-27-21-11-9-19(10-12-21)20-8-5-14-24(17-20)22-13-15-25(23(22)26)16-18-6-3-2-4-7-18/h2-4,6-7,9-12,20,22H,5,8,13-17H2,1H3. The number of carbonyl (C=O) groups is 1. The molecule has 2 aromatic carbocycles. The summed E-state index contributed by atoms with van der Waals surface area (Å²) in [5, 5.41) is 0. The van der Waals surface area contributed by atoms with Gasteiger partial charge in [-0.05, 0) is 55.0 Å². The number of piperidine rings is 1. The van der Waals surface area contributed by atoms with Crippen molar-refractivity contribution in [1.82, 2.24) is 9.80 Å². The molecule has 2 unspecified atom stereocenters. The molecular formula is C23H28N2O2. The number of carbonyl (C=O) groups excluding carboxylic acids is 1. The Balaban J connectivity index is 1.40. The molecule has 2 atom stereocenters. The average molecular weight is 364 g/mol. The number of rotatable bonds is 5. The number of ether oxygens (including phenoxy) is 1. The van der Waals surface area contributed by atoms with Crippen LogP contribution >= 0.6 is 0 Å². The summed E-state index contributed by atoms with van der Waals surface area (Å²) in [4.78, 5) is 17.5. The van der Waals surface area contributed by atoms with Crippen molar-refractivity contribution in [1.29, 1.82) is 0 Å². The molecule has 4 nitrogen and oxygen atoms in total. The van der Waals surface area contributed by atoms with Gasteiger partial charge >= 0.3 is 0 Å². The van der Waals surface area contributed by atoms with Gasteiger partial charge in [0, 0.05) is 19.6 Å². The Morgan fingerprint density at radius 2 is 1.78 bits per heavy atom. The van der Waals surface area contributed by atoms with Gasteiger partial charge in [-0.15, -0.1) is 0 Å². The zero-order chi connectivity index (χ0) is 18.6. The average Bonchev–Trinajstić information content (AvgIpc) is 3.09. The molecule has 0 spiro atoms. The summed E-state index contributed by atoms with van der Waals surface area (Å²) in [5.41, 5.74) is 2.56. The quantitative estimate of drug-likeness (QED) is 0.811. The first-order valence-corrected chi connectivity index (χ1v) is 9.95. The fraction of sp³-hybridized carbons (Fsp3) is 0.435. The van der Waals surface area contributed by atoms with E-state index in [1.807, 2.05) is 35.2 Å². The van der Waals surface area contributed by atoms with Gasteiger partial charge in [0.15, 0.2) is 0 Å². The normalized spacial score (nSPS) is 23.6. The molecular weight excluding hydrogens is 336 g/mol. The SMILES string of the molecule is COc1ccc(C2CCCN(C3CCN(Cc4ccccc4)C3=O)C2)cc1. The van der Waals surface area contributed by atoms with Gasteiger partial charge in [0.25, 0.3) is 0 Å². The molecule has 1 amide bonds. The van der Waals surface area contributed by atoms with Gasteiger partial charge in [-0.25, -0.2) is 0 Å². The third-order valence-corrected chi connectivity index (χ3v) is 5.97. The van der Waals surface area contributed by atoms with E-state index in [-0.39, 0.29) is 6.04 Å². The molecule has 0 aromatic heterocycles. The van der Waals surface area contributed by atoms with Crippen LogP contribution in [0.3, 0.4) is 0 Å². The van der Waals surface area contributed by atoms with E-state index >= 15 is 0 Å². The Kier molecular flexibility index (Phi) is 5.44. The second-order valence-electron chi connectivity index (χ2n) is 7.66. The minimum absolute atomic E-state index is 0.0507. The molecule has 0 saturated carbocycles. The van der Waals surface area contributed by atoms with Gasteiger partial charge in [-0.3, -0.25) is 9.69 Å². The number of amides is 1. The number of likely N-dealkylation sites (tertiary alicyclic amines) is 2. The molecule has 0 radical (unpaired) electrons. The molecule has 2 aromatic rings. The van der Waals surface area contributed by atoms with Gasteiger partial charge in [0.2, 0.25) is 5.91 Å².